The Bertz CT molecular complexity index is 547. The van der Waals surface area contributed by atoms with Gasteiger partial charge in [-0.15, -0.1) is 0 Å². The molecule has 0 heterocycles. The van der Waals surface area contributed by atoms with Crippen molar-refractivity contribution in [3.05, 3.63) is 29.3 Å². The van der Waals surface area contributed by atoms with Gasteiger partial charge in [0.1, 0.15) is 5.75 Å². The lowest BCUT2D eigenvalue weighted by Gasteiger charge is -2.31. The van der Waals surface area contributed by atoms with E-state index in [0.717, 1.165) is 49.0 Å². The Balaban J connectivity index is 1.76. The van der Waals surface area contributed by atoms with Gasteiger partial charge < -0.3 is 20.1 Å². The molecule has 134 valence electrons. The summed E-state index contributed by atoms with van der Waals surface area (Å²) in [6.45, 7) is 3.22. The summed E-state index contributed by atoms with van der Waals surface area (Å²) in [5.74, 6) is 1.08. The second-order valence-corrected chi connectivity index (χ2v) is 6.78. The molecule has 0 saturated heterocycles. The number of amides is 2. The first kappa shape index (κ1) is 18.6. The van der Waals surface area contributed by atoms with E-state index in [2.05, 4.69) is 11.4 Å². The number of methoxy groups -OCH3 is 1. The van der Waals surface area contributed by atoms with Crippen molar-refractivity contribution in [2.24, 2.45) is 5.92 Å². The summed E-state index contributed by atoms with van der Waals surface area (Å²) in [6.07, 6.45) is 4.59. The molecule has 1 aliphatic rings. The van der Waals surface area contributed by atoms with E-state index in [4.69, 9.17) is 4.74 Å². The molecule has 2 atom stereocenters. The van der Waals surface area contributed by atoms with E-state index < -0.39 is 0 Å². The van der Waals surface area contributed by atoms with Crippen LogP contribution in [0.15, 0.2) is 18.2 Å². The molecule has 5 heteroatoms. The third-order valence-electron chi connectivity index (χ3n) is 4.89. The maximum Gasteiger partial charge on any atom is 0.317 e. The van der Waals surface area contributed by atoms with Gasteiger partial charge in [0, 0.05) is 26.1 Å². The second kappa shape index (κ2) is 8.92. The molecule has 0 aliphatic heterocycles. The lowest BCUT2D eigenvalue weighted by molar-refractivity contribution is 0.0565. The molecule has 0 aromatic heterocycles. The van der Waals surface area contributed by atoms with E-state index in [0.29, 0.717) is 13.1 Å². The van der Waals surface area contributed by atoms with E-state index in [1.807, 2.05) is 19.1 Å². The highest BCUT2D eigenvalue weighted by Crippen LogP contribution is 2.24. The lowest BCUT2D eigenvalue weighted by Crippen LogP contribution is -2.43. The highest BCUT2D eigenvalue weighted by molar-refractivity contribution is 5.73. The minimum atomic E-state index is -0.269. The van der Waals surface area contributed by atoms with Crippen LogP contribution in [0.5, 0.6) is 5.75 Å². The Kier molecular flexibility index (Phi) is 6.91. The third kappa shape index (κ3) is 5.13. The van der Waals surface area contributed by atoms with Crippen LogP contribution in [0.4, 0.5) is 4.79 Å². The average molecular weight is 334 g/mol. The molecule has 5 nitrogen and oxygen atoms in total. The first-order valence-electron chi connectivity index (χ1n) is 8.81. The predicted octanol–water partition coefficient (Wildman–Crippen LogP) is 2.74. The molecule has 1 aromatic rings. The van der Waals surface area contributed by atoms with E-state index in [1.165, 1.54) is 0 Å². The molecule has 0 bridgehead atoms. The number of nitrogens with zero attached hydrogens (tertiary/aromatic N) is 1. The Morgan fingerprint density at radius 3 is 2.83 bits per heavy atom. The van der Waals surface area contributed by atoms with Crippen molar-refractivity contribution in [1.29, 1.82) is 0 Å². The van der Waals surface area contributed by atoms with Crippen LogP contribution in [0.25, 0.3) is 0 Å². The number of benzene rings is 1. The number of hydrogen-bond donors (Lipinski definition) is 2. The normalized spacial score (nSPS) is 20.5. The van der Waals surface area contributed by atoms with E-state index >= 15 is 0 Å². The molecule has 2 unspecified atom stereocenters. The van der Waals surface area contributed by atoms with Crippen molar-refractivity contribution in [2.45, 2.75) is 45.1 Å². The zero-order chi connectivity index (χ0) is 17.5. The molecule has 1 aliphatic carbocycles. The molecular weight excluding hydrogens is 304 g/mol. The summed E-state index contributed by atoms with van der Waals surface area (Å²) in [5, 5.41) is 13.0. The number of ether oxygens (including phenoxy) is 1. The van der Waals surface area contributed by atoms with Crippen molar-refractivity contribution in [3.8, 4) is 5.75 Å². The number of aryl methyl sites for hydroxylation is 1. The SMILES string of the molecule is COc1cc(CCNC(=O)N(C)CC2CCCCC2O)ccc1C. The van der Waals surface area contributed by atoms with Crippen molar-refractivity contribution in [3.63, 3.8) is 0 Å². The first-order chi connectivity index (χ1) is 11.5. The van der Waals surface area contributed by atoms with Gasteiger partial charge in [-0.25, -0.2) is 4.79 Å². The van der Waals surface area contributed by atoms with Gasteiger partial charge in [-0.3, -0.25) is 0 Å². The van der Waals surface area contributed by atoms with Crippen molar-refractivity contribution in [1.82, 2.24) is 10.2 Å². The van der Waals surface area contributed by atoms with Gasteiger partial charge in [-0.2, -0.15) is 0 Å². The highest BCUT2D eigenvalue weighted by atomic mass is 16.5. The topological polar surface area (TPSA) is 61.8 Å². The fourth-order valence-corrected chi connectivity index (χ4v) is 3.30. The summed E-state index contributed by atoms with van der Waals surface area (Å²) >= 11 is 0. The number of aliphatic hydroxyl groups is 1. The summed E-state index contributed by atoms with van der Waals surface area (Å²) in [7, 11) is 3.47. The van der Waals surface area contributed by atoms with Crippen LogP contribution in [-0.2, 0) is 6.42 Å². The molecule has 2 N–H and O–H groups in total. The zero-order valence-corrected chi connectivity index (χ0v) is 15.0. The fraction of sp³-hybridized carbons (Fsp3) is 0.632. The molecule has 1 saturated carbocycles. The van der Waals surface area contributed by atoms with Gasteiger partial charge >= 0.3 is 6.03 Å². The largest absolute Gasteiger partial charge is 0.496 e. The van der Waals surface area contributed by atoms with Crippen LogP contribution >= 0.6 is 0 Å². The second-order valence-electron chi connectivity index (χ2n) is 6.78. The summed E-state index contributed by atoms with van der Waals surface area (Å²) in [5.41, 5.74) is 2.25. The van der Waals surface area contributed by atoms with Crippen LogP contribution in [-0.4, -0.2) is 49.4 Å². The lowest BCUT2D eigenvalue weighted by atomic mass is 9.86. The number of hydrogen-bond acceptors (Lipinski definition) is 3. The van der Waals surface area contributed by atoms with Gasteiger partial charge in [0.25, 0.3) is 0 Å². The zero-order valence-electron chi connectivity index (χ0n) is 15.0. The van der Waals surface area contributed by atoms with Gasteiger partial charge in [0.05, 0.1) is 13.2 Å². The van der Waals surface area contributed by atoms with Gasteiger partial charge in [0.2, 0.25) is 0 Å². The predicted molar refractivity (Wildman–Crippen MR) is 95.4 cm³/mol. The Morgan fingerprint density at radius 1 is 1.38 bits per heavy atom. The van der Waals surface area contributed by atoms with Gasteiger partial charge in [0.15, 0.2) is 0 Å². The Morgan fingerprint density at radius 2 is 2.12 bits per heavy atom. The number of urea groups is 1. The Labute approximate surface area is 145 Å². The molecule has 2 rings (SSSR count). The molecule has 0 radical (unpaired) electrons. The van der Waals surface area contributed by atoms with Crippen LogP contribution in [0.3, 0.4) is 0 Å². The molecule has 1 aromatic carbocycles. The molecular formula is C19H30N2O3. The highest BCUT2D eigenvalue weighted by Gasteiger charge is 2.25. The summed E-state index contributed by atoms with van der Waals surface area (Å²) in [6, 6.07) is 6.04. The van der Waals surface area contributed by atoms with Crippen molar-refractivity contribution < 1.29 is 14.6 Å². The minimum Gasteiger partial charge on any atom is -0.496 e. The number of carbonyl (C=O) groups excluding carboxylic acids is 1. The Hall–Kier alpha value is -1.75. The average Bonchev–Trinajstić information content (AvgIpc) is 2.58. The number of rotatable bonds is 6. The van der Waals surface area contributed by atoms with E-state index in [1.54, 1.807) is 19.1 Å². The van der Waals surface area contributed by atoms with E-state index in [-0.39, 0.29) is 18.1 Å². The summed E-state index contributed by atoms with van der Waals surface area (Å²) in [4.78, 5) is 13.9. The quantitative estimate of drug-likeness (QED) is 0.841. The van der Waals surface area contributed by atoms with E-state index in [9.17, 15) is 9.90 Å². The van der Waals surface area contributed by atoms with Crippen LogP contribution in [0.2, 0.25) is 0 Å². The van der Waals surface area contributed by atoms with Gasteiger partial charge in [-0.05, 0) is 43.4 Å². The van der Waals surface area contributed by atoms with Gasteiger partial charge in [-0.1, -0.05) is 25.0 Å². The number of carbonyl (C=O) groups is 1. The third-order valence-corrected chi connectivity index (χ3v) is 4.89. The standard InChI is InChI=1S/C19H30N2O3/c1-14-8-9-15(12-18(14)24-3)10-11-20-19(23)21(2)13-16-6-4-5-7-17(16)22/h8-9,12,16-17,22H,4-7,10-11,13H2,1-3H3,(H,20,23). The fourth-order valence-electron chi connectivity index (χ4n) is 3.30. The van der Waals surface area contributed by atoms with Crippen LogP contribution < -0.4 is 10.1 Å². The smallest absolute Gasteiger partial charge is 0.317 e. The van der Waals surface area contributed by atoms with Crippen LogP contribution in [0.1, 0.15) is 36.8 Å². The molecule has 24 heavy (non-hydrogen) atoms. The van der Waals surface area contributed by atoms with Crippen molar-refractivity contribution >= 4 is 6.03 Å². The minimum absolute atomic E-state index is 0.0770. The van der Waals surface area contributed by atoms with Crippen LogP contribution in [0, 0.1) is 12.8 Å². The molecule has 2 amide bonds. The summed E-state index contributed by atoms with van der Waals surface area (Å²) < 4.78 is 5.33. The molecule has 0 spiro atoms. The maximum atomic E-state index is 12.2. The number of nitrogens with one attached hydrogen (secondary N) is 1. The maximum absolute atomic E-state index is 12.2. The molecule has 1 fully saturated rings. The monoisotopic (exact) mass is 334 g/mol. The first-order valence-corrected chi connectivity index (χ1v) is 8.81. The number of aliphatic hydroxyl groups excluding tert-OH is 1. The van der Waals surface area contributed by atoms with Crippen molar-refractivity contribution in [2.75, 3.05) is 27.2 Å².